The van der Waals surface area contributed by atoms with Crippen LogP contribution in [0.25, 0.3) is 0 Å². The molecule has 0 fully saturated rings. The summed E-state index contributed by atoms with van der Waals surface area (Å²) >= 11 is 0. The third kappa shape index (κ3) is 3.72. The highest BCUT2D eigenvalue weighted by Gasteiger charge is 2.34. The Morgan fingerprint density at radius 1 is 1.00 bits per heavy atom. The Labute approximate surface area is 155 Å². The molecule has 0 aromatic heterocycles. The van der Waals surface area contributed by atoms with Crippen LogP contribution in [0, 0.1) is 14.9 Å². The molecule has 2 aromatic rings. The molecule has 9 heteroatoms. The molecular formula is C18H17N3O5S. The van der Waals surface area contributed by atoms with E-state index in [4.69, 9.17) is 4.78 Å². The second kappa shape index (κ2) is 7.28. The van der Waals surface area contributed by atoms with Crippen LogP contribution in [-0.4, -0.2) is 38.1 Å². The fourth-order valence-electron chi connectivity index (χ4n) is 2.94. The Morgan fingerprint density at radius 3 is 2.22 bits per heavy atom. The third-order valence-electron chi connectivity index (χ3n) is 4.35. The topological polar surface area (TPSA) is 121 Å². The molecule has 2 amide bonds. The smallest absolute Gasteiger partial charge is 0.270 e. The number of carbonyl (C=O) groups excluding carboxylic acids is 2. The van der Waals surface area contributed by atoms with Crippen LogP contribution in [0.5, 0.6) is 0 Å². The molecule has 27 heavy (non-hydrogen) atoms. The summed E-state index contributed by atoms with van der Waals surface area (Å²) < 4.78 is 20.6. The lowest BCUT2D eigenvalue weighted by Gasteiger charge is -2.14. The summed E-state index contributed by atoms with van der Waals surface area (Å²) in [6, 6.07) is 11.9. The number of non-ortho nitro benzene ring substituents is 1. The minimum Gasteiger partial charge on any atom is -0.274 e. The summed E-state index contributed by atoms with van der Waals surface area (Å²) in [6.07, 6.45) is 0.745. The first-order valence-electron chi connectivity index (χ1n) is 8.27. The van der Waals surface area contributed by atoms with Crippen LogP contribution in [-0.2, 0) is 9.73 Å². The Kier molecular flexibility index (Phi) is 5.04. The van der Waals surface area contributed by atoms with Gasteiger partial charge in [0.2, 0.25) is 0 Å². The summed E-state index contributed by atoms with van der Waals surface area (Å²) in [6.45, 7) is 0.177. The normalized spacial score (nSPS) is 15.5. The molecule has 0 spiro atoms. The summed E-state index contributed by atoms with van der Waals surface area (Å²) in [4.78, 5) is 36.0. The predicted molar refractivity (Wildman–Crippen MR) is 98.1 cm³/mol. The number of hydrogen-bond donors (Lipinski definition) is 1. The minimum atomic E-state index is -3.19. The first kappa shape index (κ1) is 18.7. The number of nitrogens with zero attached hydrogens (tertiary/aromatic N) is 2. The summed E-state index contributed by atoms with van der Waals surface area (Å²) in [5, 5.41) is 10.8. The lowest BCUT2D eigenvalue weighted by Crippen LogP contribution is -2.30. The number of rotatable bonds is 7. The van der Waals surface area contributed by atoms with E-state index in [0.717, 1.165) is 11.0 Å². The largest absolute Gasteiger partial charge is 0.274 e. The highest BCUT2D eigenvalue weighted by atomic mass is 32.2. The van der Waals surface area contributed by atoms with Crippen LogP contribution in [0.3, 0.4) is 0 Å². The van der Waals surface area contributed by atoms with Crippen LogP contribution in [0.1, 0.15) is 33.6 Å². The molecule has 3 rings (SSSR count). The van der Waals surface area contributed by atoms with Crippen molar-refractivity contribution in [3.8, 4) is 0 Å². The maximum Gasteiger partial charge on any atom is 0.270 e. The zero-order chi connectivity index (χ0) is 19.6. The van der Waals surface area contributed by atoms with E-state index < -0.39 is 14.7 Å². The zero-order valence-electron chi connectivity index (χ0n) is 14.3. The number of fused-ring (bicyclic) bond motifs is 1. The molecule has 0 bridgehead atoms. The lowest BCUT2D eigenvalue weighted by atomic mass is 10.1. The van der Waals surface area contributed by atoms with E-state index in [0.29, 0.717) is 24.0 Å². The van der Waals surface area contributed by atoms with Gasteiger partial charge in [-0.2, -0.15) is 0 Å². The van der Waals surface area contributed by atoms with Crippen molar-refractivity contribution in [2.45, 2.75) is 17.7 Å². The fraction of sp³-hybridized carbons (Fsp3) is 0.222. The molecule has 1 aliphatic heterocycles. The summed E-state index contributed by atoms with van der Waals surface area (Å²) in [5.74, 6) is -0.695. The van der Waals surface area contributed by atoms with Crippen molar-refractivity contribution in [1.82, 2.24) is 4.90 Å². The fourth-order valence-corrected chi connectivity index (χ4v) is 4.39. The van der Waals surface area contributed by atoms with Crippen LogP contribution in [0.15, 0.2) is 53.4 Å². The molecule has 0 radical (unpaired) electrons. The van der Waals surface area contributed by atoms with Crippen LogP contribution >= 0.6 is 0 Å². The summed E-state index contributed by atoms with van der Waals surface area (Å²) in [5.41, 5.74) is 0.547. The first-order chi connectivity index (χ1) is 12.8. The molecule has 0 saturated heterocycles. The van der Waals surface area contributed by atoms with Gasteiger partial charge in [0, 0.05) is 24.4 Å². The van der Waals surface area contributed by atoms with Crippen molar-refractivity contribution in [3.05, 3.63) is 69.8 Å². The number of hydrogen-bond acceptors (Lipinski definition) is 6. The second-order valence-corrected chi connectivity index (χ2v) is 8.38. The number of carbonyl (C=O) groups is 2. The second-order valence-electron chi connectivity index (χ2n) is 6.15. The van der Waals surface area contributed by atoms with E-state index in [1.54, 1.807) is 24.3 Å². The van der Waals surface area contributed by atoms with Gasteiger partial charge in [-0.1, -0.05) is 18.2 Å². The van der Waals surface area contributed by atoms with Gasteiger partial charge in [0.25, 0.3) is 17.5 Å². The van der Waals surface area contributed by atoms with Crippen LogP contribution in [0.2, 0.25) is 0 Å². The Morgan fingerprint density at radius 2 is 1.63 bits per heavy atom. The molecule has 1 heterocycles. The number of unbranched alkanes of at least 4 members (excludes halogenated alkanes) is 1. The van der Waals surface area contributed by atoms with Crippen LogP contribution in [0.4, 0.5) is 5.69 Å². The maximum atomic E-state index is 12.6. The highest BCUT2D eigenvalue weighted by molar-refractivity contribution is 7.92. The molecule has 1 N–H and O–H groups in total. The van der Waals surface area contributed by atoms with Crippen molar-refractivity contribution in [2.24, 2.45) is 0 Å². The first-order valence-corrected chi connectivity index (χ1v) is 10.00. The molecule has 1 atom stereocenters. The molecule has 1 aliphatic rings. The molecular weight excluding hydrogens is 370 g/mol. The van der Waals surface area contributed by atoms with Crippen molar-refractivity contribution in [2.75, 3.05) is 12.3 Å². The molecule has 0 saturated carbocycles. The van der Waals surface area contributed by atoms with Gasteiger partial charge in [-0.3, -0.25) is 24.6 Å². The van der Waals surface area contributed by atoms with Gasteiger partial charge in [-0.15, -0.1) is 0 Å². The van der Waals surface area contributed by atoms with E-state index in [9.17, 15) is 23.9 Å². The van der Waals surface area contributed by atoms with Gasteiger partial charge in [0.15, 0.2) is 0 Å². The van der Waals surface area contributed by atoms with Crippen molar-refractivity contribution < 1.29 is 18.7 Å². The van der Waals surface area contributed by atoms with Crippen molar-refractivity contribution in [3.63, 3.8) is 0 Å². The standard InChI is InChI=1S/C18H17N3O5S/c19-27(26,14-7-5-6-13(12-14)21(24)25)11-4-3-10-20-17(22)15-8-1-2-9-16(15)18(20)23/h1-2,5-9,12,19H,3-4,10-11H2. The van der Waals surface area contributed by atoms with Crippen molar-refractivity contribution in [1.29, 1.82) is 4.78 Å². The Balaban J connectivity index is 1.59. The quantitative estimate of drug-likeness (QED) is 0.339. The number of nitro groups is 1. The highest BCUT2D eigenvalue weighted by Crippen LogP contribution is 2.23. The Hall–Kier alpha value is -3.07. The number of imide groups is 1. The van der Waals surface area contributed by atoms with Gasteiger partial charge >= 0.3 is 0 Å². The number of nitro benzene ring substituents is 1. The zero-order valence-corrected chi connectivity index (χ0v) is 15.1. The van der Waals surface area contributed by atoms with Crippen molar-refractivity contribution >= 4 is 27.2 Å². The number of benzene rings is 2. The summed E-state index contributed by atoms with van der Waals surface area (Å²) in [7, 11) is -3.19. The molecule has 140 valence electrons. The lowest BCUT2D eigenvalue weighted by molar-refractivity contribution is -0.385. The molecule has 2 aromatic carbocycles. The molecule has 8 nitrogen and oxygen atoms in total. The Bertz CT molecular complexity index is 998. The minimum absolute atomic E-state index is 0.00264. The monoisotopic (exact) mass is 387 g/mol. The van der Waals surface area contributed by atoms with Gasteiger partial charge in [-0.05, 0) is 31.0 Å². The van der Waals surface area contributed by atoms with E-state index in [-0.39, 0.29) is 34.7 Å². The van der Waals surface area contributed by atoms with Gasteiger partial charge < -0.3 is 0 Å². The SMILES string of the molecule is N=S(=O)(CCCCN1C(=O)c2ccccc2C1=O)c1cccc([N+](=O)[O-])c1. The maximum absolute atomic E-state index is 12.6. The third-order valence-corrected chi connectivity index (χ3v) is 6.23. The van der Waals surface area contributed by atoms with Gasteiger partial charge in [-0.25, -0.2) is 8.99 Å². The number of amides is 2. The van der Waals surface area contributed by atoms with Crippen LogP contribution < -0.4 is 0 Å². The number of nitrogens with one attached hydrogen (secondary N) is 1. The average Bonchev–Trinajstić information content (AvgIpc) is 2.90. The van der Waals surface area contributed by atoms with E-state index in [1.165, 1.54) is 18.2 Å². The predicted octanol–water partition coefficient (Wildman–Crippen LogP) is 3.08. The van der Waals surface area contributed by atoms with E-state index in [2.05, 4.69) is 0 Å². The molecule has 1 unspecified atom stereocenters. The average molecular weight is 387 g/mol. The van der Waals surface area contributed by atoms with Gasteiger partial charge in [0.1, 0.15) is 0 Å². The molecule has 0 aliphatic carbocycles. The van der Waals surface area contributed by atoms with Gasteiger partial charge in [0.05, 0.1) is 30.7 Å². The van der Waals surface area contributed by atoms with E-state index >= 15 is 0 Å². The van der Waals surface area contributed by atoms with E-state index in [1.807, 2.05) is 0 Å².